The second kappa shape index (κ2) is 12.7. The van der Waals surface area contributed by atoms with Crippen LogP contribution in [0.5, 0.6) is 11.5 Å². The summed E-state index contributed by atoms with van der Waals surface area (Å²) in [6.45, 7) is 2.96. The summed E-state index contributed by atoms with van der Waals surface area (Å²) in [5.74, 6) is -0.313. The molecule has 0 aliphatic heterocycles. The lowest BCUT2D eigenvalue weighted by Crippen LogP contribution is -2.24. The van der Waals surface area contributed by atoms with Crippen molar-refractivity contribution in [1.82, 2.24) is 5.32 Å². The minimum atomic E-state index is -0.143. The maximum atomic E-state index is 12.2. The third kappa shape index (κ3) is 8.43. The molecule has 0 aliphatic rings. The molecule has 0 heterocycles. The van der Waals surface area contributed by atoms with Gasteiger partial charge in [-0.3, -0.25) is 4.79 Å². The molecule has 0 fully saturated rings. The smallest absolute Gasteiger partial charge is 0.251 e. The van der Waals surface area contributed by atoms with Crippen molar-refractivity contribution in [2.75, 3.05) is 6.54 Å². The number of rotatable bonds is 12. The van der Waals surface area contributed by atoms with Crippen molar-refractivity contribution in [3.63, 3.8) is 0 Å². The van der Waals surface area contributed by atoms with Gasteiger partial charge in [-0.25, -0.2) is 0 Å². The zero-order valence-electron chi connectivity index (χ0n) is 17.4. The van der Waals surface area contributed by atoms with Gasteiger partial charge >= 0.3 is 0 Å². The van der Waals surface area contributed by atoms with Crippen molar-refractivity contribution in [2.24, 2.45) is 0 Å². The summed E-state index contributed by atoms with van der Waals surface area (Å²) >= 11 is 0. The molecule has 0 aromatic heterocycles. The predicted molar refractivity (Wildman–Crippen MR) is 120 cm³/mol. The standard InChI is InChI=1S/C25H33NO3/c1-2-3-4-5-6-7-8-9-18-26-25(29)22-15-12-20(13-16-22)10-11-21-14-17-23(27)24(28)19-21/h10-17,19,27-28H,2-9,18H2,1H3,(H,26,29)/b11-10+. The molecule has 2 rings (SSSR count). The summed E-state index contributed by atoms with van der Waals surface area (Å²) < 4.78 is 0. The number of carbonyl (C=O) groups excluding carboxylic acids is 1. The Morgan fingerprint density at radius 1 is 0.793 bits per heavy atom. The number of amides is 1. The molecule has 0 saturated carbocycles. The number of phenolic OH excluding ortho intramolecular Hbond substituents is 2. The Kier molecular flexibility index (Phi) is 9.84. The van der Waals surface area contributed by atoms with E-state index in [2.05, 4.69) is 12.2 Å². The van der Waals surface area contributed by atoms with E-state index in [1.165, 1.54) is 57.1 Å². The lowest BCUT2D eigenvalue weighted by atomic mass is 10.1. The third-order valence-electron chi connectivity index (χ3n) is 4.96. The van der Waals surface area contributed by atoms with E-state index in [9.17, 15) is 15.0 Å². The molecule has 4 nitrogen and oxygen atoms in total. The van der Waals surface area contributed by atoms with E-state index in [1.807, 2.05) is 36.4 Å². The van der Waals surface area contributed by atoms with Gasteiger partial charge in [0, 0.05) is 12.1 Å². The van der Waals surface area contributed by atoms with Gasteiger partial charge in [-0.1, -0.05) is 82.2 Å². The Bertz CT molecular complexity index is 781. The number of hydrogen-bond donors (Lipinski definition) is 3. The molecule has 0 unspecified atom stereocenters. The second-order valence-corrected chi connectivity index (χ2v) is 7.43. The number of nitrogens with one attached hydrogen (secondary N) is 1. The molecule has 4 heteroatoms. The highest BCUT2D eigenvalue weighted by atomic mass is 16.3. The molecular formula is C25H33NO3. The van der Waals surface area contributed by atoms with E-state index in [4.69, 9.17) is 0 Å². The van der Waals surface area contributed by atoms with Crippen LogP contribution in [0.3, 0.4) is 0 Å². The Hall–Kier alpha value is -2.75. The first-order valence-corrected chi connectivity index (χ1v) is 10.7. The number of unbranched alkanes of at least 4 members (excludes halogenated alkanes) is 7. The average molecular weight is 396 g/mol. The van der Waals surface area contributed by atoms with Gasteiger partial charge < -0.3 is 15.5 Å². The van der Waals surface area contributed by atoms with Gasteiger partial charge in [0.1, 0.15) is 0 Å². The molecule has 156 valence electrons. The van der Waals surface area contributed by atoms with Gasteiger partial charge in [0.05, 0.1) is 0 Å². The van der Waals surface area contributed by atoms with E-state index < -0.39 is 0 Å². The van der Waals surface area contributed by atoms with Gasteiger partial charge in [-0.15, -0.1) is 0 Å². The Balaban J connectivity index is 1.70. The molecule has 0 bridgehead atoms. The number of carbonyl (C=O) groups is 1. The molecule has 1 amide bonds. The number of hydrogen-bond acceptors (Lipinski definition) is 3. The summed E-state index contributed by atoms with van der Waals surface area (Å²) in [6, 6.07) is 12.1. The van der Waals surface area contributed by atoms with Gasteiger partial charge in [-0.05, 0) is 41.8 Å². The van der Waals surface area contributed by atoms with Crippen molar-refractivity contribution < 1.29 is 15.0 Å². The quantitative estimate of drug-likeness (QED) is 0.230. The van der Waals surface area contributed by atoms with Crippen LogP contribution in [0.2, 0.25) is 0 Å². The van der Waals surface area contributed by atoms with Crippen molar-refractivity contribution in [3.05, 3.63) is 59.2 Å². The highest BCUT2D eigenvalue weighted by molar-refractivity contribution is 5.94. The molecule has 3 N–H and O–H groups in total. The van der Waals surface area contributed by atoms with Crippen molar-refractivity contribution >= 4 is 18.1 Å². The lowest BCUT2D eigenvalue weighted by Gasteiger charge is -2.06. The maximum absolute atomic E-state index is 12.2. The first-order valence-electron chi connectivity index (χ1n) is 10.7. The van der Waals surface area contributed by atoms with Crippen LogP contribution in [0.4, 0.5) is 0 Å². The van der Waals surface area contributed by atoms with E-state index in [1.54, 1.807) is 6.07 Å². The maximum Gasteiger partial charge on any atom is 0.251 e. The van der Waals surface area contributed by atoms with Crippen LogP contribution in [-0.2, 0) is 0 Å². The minimum absolute atomic E-state index is 0.0352. The monoisotopic (exact) mass is 395 g/mol. The summed E-state index contributed by atoms with van der Waals surface area (Å²) in [5.41, 5.74) is 2.40. The van der Waals surface area contributed by atoms with Crippen LogP contribution in [0, 0.1) is 0 Å². The largest absolute Gasteiger partial charge is 0.504 e. The molecule has 0 aliphatic carbocycles. The molecule has 2 aromatic carbocycles. The topological polar surface area (TPSA) is 69.6 Å². The fourth-order valence-electron chi connectivity index (χ4n) is 3.15. The normalized spacial score (nSPS) is 11.1. The summed E-state index contributed by atoms with van der Waals surface area (Å²) in [7, 11) is 0. The molecular weight excluding hydrogens is 362 g/mol. The van der Waals surface area contributed by atoms with E-state index >= 15 is 0 Å². The van der Waals surface area contributed by atoms with Crippen LogP contribution < -0.4 is 5.32 Å². The van der Waals surface area contributed by atoms with Crippen LogP contribution in [0.15, 0.2) is 42.5 Å². The minimum Gasteiger partial charge on any atom is -0.504 e. The molecule has 0 saturated heterocycles. The van der Waals surface area contributed by atoms with Gasteiger partial charge in [0.15, 0.2) is 11.5 Å². The second-order valence-electron chi connectivity index (χ2n) is 7.43. The van der Waals surface area contributed by atoms with Crippen molar-refractivity contribution in [3.8, 4) is 11.5 Å². The van der Waals surface area contributed by atoms with E-state index in [0.717, 1.165) is 24.1 Å². The van der Waals surface area contributed by atoms with E-state index in [0.29, 0.717) is 5.56 Å². The molecule has 0 atom stereocenters. The zero-order valence-corrected chi connectivity index (χ0v) is 17.4. The van der Waals surface area contributed by atoms with Crippen LogP contribution >= 0.6 is 0 Å². The van der Waals surface area contributed by atoms with Crippen LogP contribution in [0.25, 0.3) is 12.2 Å². The molecule has 29 heavy (non-hydrogen) atoms. The average Bonchev–Trinajstić information content (AvgIpc) is 2.73. The third-order valence-corrected chi connectivity index (χ3v) is 4.96. The molecule has 0 spiro atoms. The fourth-order valence-corrected chi connectivity index (χ4v) is 3.15. The molecule has 0 radical (unpaired) electrons. The van der Waals surface area contributed by atoms with Crippen molar-refractivity contribution in [2.45, 2.75) is 58.3 Å². The van der Waals surface area contributed by atoms with Gasteiger partial charge in [0.25, 0.3) is 5.91 Å². The zero-order chi connectivity index (χ0) is 20.9. The first kappa shape index (κ1) is 22.5. The summed E-state index contributed by atoms with van der Waals surface area (Å²) in [5, 5.41) is 21.9. The number of benzene rings is 2. The van der Waals surface area contributed by atoms with Crippen molar-refractivity contribution in [1.29, 1.82) is 0 Å². The van der Waals surface area contributed by atoms with E-state index in [-0.39, 0.29) is 17.4 Å². The Morgan fingerprint density at radius 3 is 2.03 bits per heavy atom. The first-order chi connectivity index (χ1) is 14.1. The highest BCUT2D eigenvalue weighted by Gasteiger charge is 2.04. The van der Waals surface area contributed by atoms with Gasteiger partial charge in [-0.2, -0.15) is 0 Å². The molecule has 2 aromatic rings. The van der Waals surface area contributed by atoms with Crippen LogP contribution in [-0.4, -0.2) is 22.7 Å². The van der Waals surface area contributed by atoms with Crippen LogP contribution in [0.1, 0.15) is 79.8 Å². The lowest BCUT2D eigenvalue weighted by molar-refractivity contribution is 0.0953. The Labute approximate surface area is 174 Å². The Morgan fingerprint density at radius 2 is 1.38 bits per heavy atom. The fraction of sp³-hybridized carbons (Fsp3) is 0.400. The summed E-state index contributed by atoms with van der Waals surface area (Å²) in [6.07, 6.45) is 13.8. The number of phenols is 2. The predicted octanol–water partition coefficient (Wildman–Crippen LogP) is 6.14. The highest BCUT2D eigenvalue weighted by Crippen LogP contribution is 2.25. The van der Waals surface area contributed by atoms with Gasteiger partial charge in [0.2, 0.25) is 0 Å². The SMILES string of the molecule is CCCCCCCCCCNC(=O)c1ccc(/C=C/c2ccc(O)c(O)c2)cc1. The number of aromatic hydroxyl groups is 2. The summed E-state index contributed by atoms with van der Waals surface area (Å²) in [4.78, 5) is 12.2.